The molecule has 0 spiro atoms. The molecule has 1 aromatic carbocycles. The van der Waals surface area contributed by atoms with Crippen molar-refractivity contribution in [1.29, 1.82) is 0 Å². The predicted molar refractivity (Wildman–Crippen MR) is 91.5 cm³/mol. The van der Waals surface area contributed by atoms with E-state index in [1.165, 1.54) is 50.8 Å². The van der Waals surface area contributed by atoms with Crippen LogP contribution in [0.4, 0.5) is 0 Å². The van der Waals surface area contributed by atoms with E-state index in [1.54, 1.807) is 4.90 Å². The van der Waals surface area contributed by atoms with Crippen LogP contribution in [0.15, 0.2) is 30.3 Å². The van der Waals surface area contributed by atoms with Gasteiger partial charge in [-0.25, -0.2) is 0 Å². The summed E-state index contributed by atoms with van der Waals surface area (Å²) in [5.41, 5.74) is 1.21. The molecular weight excluding hydrogens is 286 g/mol. The molecule has 0 saturated carbocycles. The van der Waals surface area contributed by atoms with Gasteiger partial charge in [0, 0.05) is 5.92 Å². The van der Waals surface area contributed by atoms with E-state index in [9.17, 15) is 4.79 Å². The van der Waals surface area contributed by atoms with Crippen LogP contribution in [-0.2, 0) is 9.53 Å². The van der Waals surface area contributed by atoms with Crippen LogP contribution in [0.1, 0.15) is 56.9 Å². The zero-order valence-corrected chi connectivity index (χ0v) is 14.3. The standard InChI is InChI=1S/C20H29NO2/c1-16(17-8-3-2-4-9-17)14-20(22)23-15-18-10-7-13-21-12-6-5-11-19(18)21/h2-4,8-9,16,18-19H,5-7,10-15H2,1H3/p+1/t16-,18+,19+/m0/s1. The van der Waals surface area contributed by atoms with E-state index in [0.717, 1.165) is 6.04 Å². The molecule has 2 aliphatic heterocycles. The van der Waals surface area contributed by atoms with E-state index in [4.69, 9.17) is 4.74 Å². The van der Waals surface area contributed by atoms with Crippen molar-refractivity contribution >= 4 is 5.97 Å². The Morgan fingerprint density at radius 1 is 1.17 bits per heavy atom. The van der Waals surface area contributed by atoms with E-state index in [1.807, 2.05) is 18.2 Å². The molecule has 3 nitrogen and oxygen atoms in total. The third-order valence-electron chi connectivity index (χ3n) is 5.73. The summed E-state index contributed by atoms with van der Waals surface area (Å²) >= 11 is 0. The third-order valence-corrected chi connectivity index (χ3v) is 5.73. The Kier molecular flexibility index (Phi) is 5.71. The number of hydrogen-bond acceptors (Lipinski definition) is 2. The van der Waals surface area contributed by atoms with E-state index in [0.29, 0.717) is 18.9 Å². The second-order valence-corrected chi connectivity index (χ2v) is 7.36. The molecule has 23 heavy (non-hydrogen) atoms. The number of nitrogens with one attached hydrogen (secondary N) is 1. The van der Waals surface area contributed by atoms with Crippen LogP contribution in [0, 0.1) is 5.92 Å². The van der Waals surface area contributed by atoms with Gasteiger partial charge in [-0.1, -0.05) is 37.3 Å². The lowest BCUT2D eigenvalue weighted by atomic mass is 9.84. The Labute approximate surface area is 140 Å². The fourth-order valence-electron chi connectivity index (χ4n) is 4.39. The first-order valence-electron chi connectivity index (χ1n) is 9.29. The van der Waals surface area contributed by atoms with Crippen molar-refractivity contribution in [1.82, 2.24) is 0 Å². The maximum absolute atomic E-state index is 12.2. The lowest BCUT2D eigenvalue weighted by Crippen LogP contribution is -3.18. The minimum absolute atomic E-state index is 0.0377. The molecule has 1 aromatic rings. The third kappa shape index (κ3) is 4.35. The van der Waals surface area contributed by atoms with Crippen LogP contribution < -0.4 is 4.90 Å². The van der Waals surface area contributed by atoms with E-state index < -0.39 is 0 Å². The van der Waals surface area contributed by atoms with Gasteiger partial charge in [0.2, 0.25) is 0 Å². The number of hydrogen-bond donors (Lipinski definition) is 1. The van der Waals surface area contributed by atoms with Crippen LogP contribution in [0.3, 0.4) is 0 Å². The minimum atomic E-state index is -0.0377. The number of piperidine rings is 2. The molecule has 2 saturated heterocycles. The van der Waals surface area contributed by atoms with Crippen molar-refractivity contribution in [2.45, 2.75) is 57.4 Å². The van der Waals surface area contributed by atoms with E-state index >= 15 is 0 Å². The lowest BCUT2D eigenvalue weighted by Gasteiger charge is -2.41. The first-order chi connectivity index (χ1) is 11.2. The Hall–Kier alpha value is -1.35. The molecule has 3 heteroatoms. The van der Waals surface area contributed by atoms with Crippen molar-refractivity contribution in [2.24, 2.45) is 5.92 Å². The van der Waals surface area contributed by atoms with Gasteiger partial charge in [-0.05, 0) is 43.6 Å². The number of benzene rings is 1. The number of ether oxygens (including phenoxy) is 1. The van der Waals surface area contributed by atoms with Gasteiger partial charge in [-0.15, -0.1) is 0 Å². The Morgan fingerprint density at radius 3 is 2.78 bits per heavy atom. The summed E-state index contributed by atoms with van der Waals surface area (Å²) in [6.07, 6.45) is 7.04. The SMILES string of the molecule is C[C@@H](CC(=O)OC[C@H]1CCC[NH+]2CCCC[C@H]12)c1ccccc1. The molecule has 2 heterocycles. The van der Waals surface area contributed by atoms with Gasteiger partial charge in [-0.2, -0.15) is 0 Å². The number of carbonyl (C=O) groups is 1. The van der Waals surface area contributed by atoms with E-state index in [2.05, 4.69) is 19.1 Å². The molecule has 3 rings (SSSR count). The summed E-state index contributed by atoms with van der Waals surface area (Å²) < 4.78 is 5.67. The summed E-state index contributed by atoms with van der Waals surface area (Å²) in [7, 11) is 0. The second-order valence-electron chi connectivity index (χ2n) is 7.36. The highest BCUT2D eigenvalue weighted by atomic mass is 16.5. The van der Waals surface area contributed by atoms with Gasteiger partial charge >= 0.3 is 5.97 Å². The largest absolute Gasteiger partial charge is 0.465 e. The van der Waals surface area contributed by atoms with Gasteiger partial charge in [-0.3, -0.25) is 4.79 Å². The maximum Gasteiger partial charge on any atom is 0.306 e. The zero-order chi connectivity index (χ0) is 16.1. The number of fused-ring (bicyclic) bond motifs is 1. The van der Waals surface area contributed by atoms with Crippen molar-refractivity contribution < 1.29 is 14.4 Å². The molecule has 2 aliphatic rings. The average Bonchev–Trinajstić information content (AvgIpc) is 2.60. The number of esters is 1. The molecule has 1 unspecified atom stereocenters. The summed E-state index contributed by atoms with van der Waals surface area (Å²) in [6.45, 7) is 5.37. The van der Waals surface area contributed by atoms with Crippen LogP contribution >= 0.6 is 0 Å². The van der Waals surface area contributed by atoms with Crippen LogP contribution in [0.2, 0.25) is 0 Å². The topological polar surface area (TPSA) is 30.7 Å². The summed E-state index contributed by atoms with van der Waals surface area (Å²) in [5, 5.41) is 0. The van der Waals surface area contributed by atoms with Crippen molar-refractivity contribution in [3.05, 3.63) is 35.9 Å². The van der Waals surface area contributed by atoms with Gasteiger partial charge in [0.15, 0.2) is 0 Å². The molecule has 1 N–H and O–H groups in total. The van der Waals surface area contributed by atoms with Gasteiger partial charge < -0.3 is 9.64 Å². The predicted octanol–water partition coefficient (Wildman–Crippen LogP) is 2.57. The van der Waals surface area contributed by atoms with Gasteiger partial charge in [0.25, 0.3) is 0 Å². The zero-order valence-electron chi connectivity index (χ0n) is 14.3. The highest BCUT2D eigenvalue weighted by Crippen LogP contribution is 2.22. The molecule has 0 radical (unpaired) electrons. The fourth-order valence-corrected chi connectivity index (χ4v) is 4.39. The highest BCUT2D eigenvalue weighted by Gasteiger charge is 2.37. The van der Waals surface area contributed by atoms with E-state index in [-0.39, 0.29) is 11.9 Å². The molecular formula is C20H30NO2+. The highest BCUT2D eigenvalue weighted by molar-refractivity contribution is 5.70. The molecule has 0 aliphatic carbocycles. The minimum Gasteiger partial charge on any atom is -0.465 e. The normalized spacial score (nSPS) is 28.7. The number of carbonyl (C=O) groups excluding carboxylic acids is 1. The monoisotopic (exact) mass is 316 g/mol. The first-order valence-corrected chi connectivity index (χ1v) is 9.29. The maximum atomic E-state index is 12.2. The van der Waals surface area contributed by atoms with Gasteiger partial charge in [0.05, 0.1) is 32.2 Å². The van der Waals surface area contributed by atoms with Crippen molar-refractivity contribution in [3.63, 3.8) is 0 Å². The van der Waals surface area contributed by atoms with Crippen LogP contribution in [0.25, 0.3) is 0 Å². The summed E-state index contributed by atoms with van der Waals surface area (Å²) in [6, 6.07) is 11.0. The first kappa shape index (κ1) is 16.5. The van der Waals surface area contributed by atoms with Crippen LogP contribution in [0.5, 0.6) is 0 Å². The average molecular weight is 316 g/mol. The Bertz CT molecular complexity index is 500. The molecule has 126 valence electrons. The molecule has 4 atom stereocenters. The van der Waals surface area contributed by atoms with Crippen molar-refractivity contribution in [2.75, 3.05) is 19.7 Å². The van der Waals surface area contributed by atoms with Crippen molar-refractivity contribution in [3.8, 4) is 0 Å². The molecule has 0 amide bonds. The van der Waals surface area contributed by atoms with Crippen LogP contribution in [-0.4, -0.2) is 31.7 Å². The number of quaternary nitrogens is 1. The number of rotatable bonds is 5. The Morgan fingerprint density at radius 2 is 1.96 bits per heavy atom. The lowest BCUT2D eigenvalue weighted by molar-refractivity contribution is -0.940. The summed E-state index contributed by atoms with van der Waals surface area (Å²) in [5.74, 6) is 0.770. The fraction of sp³-hybridized carbons (Fsp3) is 0.650. The molecule has 0 aromatic heterocycles. The smallest absolute Gasteiger partial charge is 0.306 e. The quantitative estimate of drug-likeness (QED) is 0.847. The molecule has 0 bridgehead atoms. The Balaban J connectivity index is 1.46. The summed E-state index contributed by atoms with van der Waals surface area (Å²) in [4.78, 5) is 14.0. The molecule has 2 fully saturated rings. The second kappa shape index (κ2) is 7.96. The van der Waals surface area contributed by atoms with Gasteiger partial charge in [0.1, 0.15) is 0 Å².